The maximum atomic E-state index is 13.2. The normalized spacial score (nSPS) is 17.8. The Morgan fingerprint density at radius 1 is 1.00 bits per heavy atom. The summed E-state index contributed by atoms with van der Waals surface area (Å²) in [4.78, 5) is 39.4. The van der Waals surface area contributed by atoms with Gasteiger partial charge in [-0.25, -0.2) is 0 Å². The van der Waals surface area contributed by atoms with Crippen molar-refractivity contribution >= 4 is 55.0 Å². The van der Waals surface area contributed by atoms with Crippen LogP contribution >= 0.6 is 31.9 Å². The van der Waals surface area contributed by atoms with Crippen molar-refractivity contribution in [2.75, 3.05) is 11.9 Å². The Hall–Kier alpha value is -2.71. The number of anilines is 1. The highest BCUT2D eigenvalue weighted by molar-refractivity contribution is 9.11. The molecule has 192 valence electrons. The highest BCUT2D eigenvalue weighted by Crippen LogP contribution is 2.49. The first-order chi connectivity index (χ1) is 17.7. The van der Waals surface area contributed by atoms with Crippen LogP contribution in [-0.2, 0) is 14.4 Å². The number of carbonyl (C=O) groups excluding carboxylic acids is 3. The number of dihydropyridines is 1. The minimum Gasteiger partial charge on any atom is -0.482 e. The number of halogens is 2. The lowest BCUT2D eigenvalue weighted by molar-refractivity contribution is -0.119. The second kappa shape index (κ2) is 10.6. The summed E-state index contributed by atoms with van der Waals surface area (Å²) in [6.45, 7) is 3.74. The lowest BCUT2D eigenvalue weighted by Gasteiger charge is -2.37. The largest absolute Gasteiger partial charge is 0.482 e. The molecule has 1 heterocycles. The average molecular weight is 628 g/mol. The lowest BCUT2D eigenvalue weighted by Crippen LogP contribution is -2.36. The third kappa shape index (κ3) is 5.06. The molecule has 0 saturated carbocycles. The van der Waals surface area contributed by atoms with E-state index in [0.717, 1.165) is 58.4 Å². The second-order valence-electron chi connectivity index (χ2n) is 9.79. The van der Waals surface area contributed by atoms with E-state index >= 15 is 0 Å². The lowest BCUT2D eigenvalue weighted by atomic mass is 9.71. The summed E-state index contributed by atoms with van der Waals surface area (Å²) in [5.41, 5.74) is 6.64. The molecule has 0 aromatic heterocycles. The van der Waals surface area contributed by atoms with Crippen molar-refractivity contribution in [2.45, 2.75) is 58.3 Å². The molecule has 2 aromatic rings. The molecule has 2 N–H and O–H groups in total. The molecule has 2 aliphatic carbocycles. The standard InChI is InChI=1S/C29H28Br2N2O4/c1-15-6-3-7-20(16(15)2)33-25(36)14-37-29-18(12-17(30)13-19(29)31)26-27-21(8-4-10-23(27)34)32-22-9-5-11-24(35)28(22)26/h3,6-7,12-13,26,32H,4-5,8-11,14H2,1-2H3,(H,33,36). The van der Waals surface area contributed by atoms with Crippen molar-refractivity contribution in [3.8, 4) is 5.75 Å². The van der Waals surface area contributed by atoms with Crippen LogP contribution in [0.4, 0.5) is 5.69 Å². The third-order valence-electron chi connectivity index (χ3n) is 7.37. The summed E-state index contributed by atoms with van der Waals surface area (Å²) in [7, 11) is 0. The number of ketones is 2. The van der Waals surface area contributed by atoms with Gasteiger partial charge in [0.05, 0.1) is 4.47 Å². The van der Waals surface area contributed by atoms with Crippen LogP contribution in [0.5, 0.6) is 5.75 Å². The number of amides is 1. The summed E-state index contributed by atoms with van der Waals surface area (Å²) in [6, 6.07) is 9.51. The summed E-state index contributed by atoms with van der Waals surface area (Å²) in [5.74, 6) is -0.252. The van der Waals surface area contributed by atoms with Gasteiger partial charge in [-0.15, -0.1) is 0 Å². The van der Waals surface area contributed by atoms with Crippen LogP contribution in [0.2, 0.25) is 0 Å². The number of Topliss-reactive ketones (excluding diaryl/α,β-unsaturated/α-hetero) is 2. The SMILES string of the molecule is Cc1cccc(NC(=O)COc2c(Br)cc(Br)cc2C2C3=C(CCCC3=O)NC3=C2C(=O)CCC3)c1C. The number of hydrogen-bond acceptors (Lipinski definition) is 5. The zero-order valence-electron chi connectivity index (χ0n) is 20.8. The zero-order valence-corrected chi connectivity index (χ0v) is 24.0. The molecular formula is C29H28Br2N2O4. The van der Waals surface area contributed by atoms with Crippen molar-refractivity contribution in [1.82, 2.24) is 5.32 Å². The predicted octanol–water partition coefficient (Wildman–Crippen LogP) is 6.55. The minimum absolute atomic E-state index is 0.0541. The molecule has 3 aliphatic rings. The molecule has 0 radical (unpaired) electrons. The fourth-order valence-corrected chi connectivity index (χ4v) is 6.82. The summed E-state index contributed by atoms with van der Waals surface area (Å²) >= 11 is 7.18. The molecular weight excluding hydrogens is 600 g/mol. The van der Waals surface area contributed by atoms with Crippen molar-refractivity contribution in [1.29, 1.82) is 0 Å². The fourth-order valence-electron chi connectivity index (χ4n) is 5.45. The number of carbonyl (C=O) groups is 3. The first-order valence-corrected chi connectivity index (χ1v) is 14.1. The van der Waals surface area contributed by atoms with Gasteiger partial charge in [-0.1, -0.05) is 28.1 Å². The Bertz CT molecular complexity index is 1350. The van der Waals surface area contributed by atoms with Gasteiger partial charge < -0.3 is 15.4 Å². The summed E-state index contributed by atoms with van der Waals surface area (Å²) in [5, 5.41) is 6.37. The number of aryl methyl sites for hydroxylation is 1. The van der Waals surface area contributed by atoms with Gasteiger partial charge >= 0.3 is 0 Å². The van der Waals surface area contributed by atoms with Crippen LogP contribution < -0.4 is 15.4 Å². The number of nitrogens with one attached hydrogen (secondary N) is 2. The number of rotatable bonds is 5. The van der Waals surface area contributed by atoms with Gasteiger partial charge in [0.15, 0.2) is 18.2 Å². The Labute approximate surface area is 233 Å². The van der Waals surface area contributed by atoms with E-state index in [2.05, 4.69) is 42.5 Å². The van der Waals surface area contributed by atoms with Crippen molar-refractivity contribution < 1.29 is 19.1 Å². The molecule has 8 heteroatoms. The van der Waals surface area contributed by atoms with E-state index < -0.39 is 5.92 Å². The van der Waals surface area contributed by atoms with Crippen LogP contribution in [0.3, 0.4) is 0 Å². The van der Waals surface area contributed by atoms with E-state index in [1.165, 1.54) is 0 Å². The molecule has 2 aromatic carbocycles. The molecule has 0 atom stereocenters. The summed E-state index contributed by atoms with van der Waals surface area (Å²) in [6.07, 6.45) is 4.03. The quantitative estimate of drug-likeness (QED) is 0.393. The van der Waals surface area contributed by atoms with E-state index in [4.69, 9.17) is 4.74 Å². The molecule has 0 bridgehead atoms. The topological polar surface area (TPSA) is 84.5 Å². The van der Waals surface area contributed by atoms with Crippen LogP contribution in [0, 0.1) is 13.8 Å². The average Bonchev–Trinajstić information content (AvgIpc) is 2.85. The van der Waals surface area contributed by atoms with Crippen molar-refractivity contribution in [2.24, 2.45) is 0 Å². The van der Waals surface area contributed by atoms with Gasteiger partial charge in [0.25, 0.3) is 5.91 Å². The zero-order chi connectivity index (χ0) is 26.3. The Morgan fingerprint density at radius 3 is 2.30 bits per heavy atom. The first kappa shape index (κ1) is 25.9. The molecule has 0 spiro atoms. The Balaban J connectivity index is 1.52. The highest BCUT2D eigenvalue weighted by atomic mass is 79.9. The van der Waals surface area contributed by atoms with E-state index in [1.54, 1.807) is 0 Å². The van der Waals surface area contributed by atoms with E-state index in [9.17, 15) is 14.4 Å². The van der Waals surface area contributed by atoms with E-state index in [0.29, 0.717) is 39.8 Å². The molecule has 0 fully saturated rings. The molecule has 6 nitrogen and oxygen atoms in total. The number of ether oxygens (including phenoxy) is 1. The van der Waals surface area contributed by atoms with Crippen LogP contribution in [0.25, 0.3) is 0 Å². The monoisotopic (exact) mass is 626 g/mol. The van der Waals surface area contributed by atoms with Crippen molar-refractivity contribution in [3.05, 3.63) is 78.5 Å². The van der Waals surface area contributed by atoms with Gasteiger partial charge in [0.2, 0.25) is 0 Å². The maximum absolute atomic E-state index is 13.2. The van der Waals surface area contributed by atoms with Crippen LogP contribution in [0.1, 0.15) is 61.1 Å². The number of hydrogen-bond donors (Lipinski definition) is 2. The molecule has 1 aliphatic heterocycles. The molecule has 0 unspecified atom stereocenters. The van der Waals surface area contributed by atoms with E-state index in [-0.39, 0.29) is 24.1 Å². The number of benzene rings is 2. The second-order valence-corrected chi connectivity index (χ2v) is 11.6. The van der Waals surface area contributed by atoms with Crippen LogP contribution in [0.15, 0.2) is 61.8 Å². The van der Waals surface area contributed by atoms with Gasteiger partial charge in [0.1, 0.15) is 5.75 Å². The van der Waals surface area contributed by atoms with Gasteiger partial charge in [-0.05, 0) is 84.8 Å². The molecule has 5 rings (SSSR count). The maximum Gasteiger partial charge on any atom is 0.262 e. The molecule has 1 amide bonds. The van der Waals surface area contributed by atoms with Crippen molar-refractivity contribution in [3.63, 3.8) is 0 Å². The smallest absolute Gasteiger partial charge is 0.262 e. The molecule has 0 saturated heterocycles. The van der Waals surface area contributed by atoms with Crippen LogP contribution in [-0.4, -0.2) is 24.1 Å². The van der Waals surface area contributed by atoms with Gasteiger partial charge in [-0.3, -0.25) is 14.4 Å². The third-order valence-corrected chi connectivity index (χ3v) is 8.41. The van der Waals surface area contributed by atoms with E-state index in [1.807, 2.05) is 44.2 Å². The predicted molar refractivity (Wildman–Crippen MR) is 150 cm³/mol. The molecule has 37 heavy (non-hydrogen) atoms. The van der Waals surface area contributed by atoms with Gasteiger partial charge in [0, 0.05) is 57.0 Å². The Morgan fingerprint density at radius 2 is 1.65 bits per heavy atom. The first-order valence-electron chi connectivity index (χ1n) is 12.5. The summed E-state index contributed by atoms with van der Waals surface area (Å²) < 4.78 is 7.57. The van der Waals surface area contributed by atoms with Gasteiger partial charge in [-0.2, -0.15) is 0 Å². The number of allylic oxidation sites excluding steroid dienone is 4. The highest BCUT2D eigenvalue weighted by Gasteiger charge is 2.41. The Kier molecular flexibility index (Phi) is 7.41. The fraction of sp³-hybridized carbons (Fsp3) is 0.345. The minimum atomic E-state index is -0.530.